The highest BCUT2D eigenvalue weighted by atomic mass is 16.2. The Labute approximate surface area is 147 Å². The number of nitrogens with zero attached hydrogens (tertiary/aromatic N) is 3. The van der Waals surface area contributed by atoms with Crippen molar-refractivity contribution >= 4 is 11.9 Å². The van der Waals surface area contributed by atoms with Crippen LogP contribution in [0.3, 0.4) is 0 Å². The molecule has 1 aliphatic heterocycles. The van der Waals surface area contributed by atoms with E-state index < -0.39 is 0 Å². The van der Waals surface area contributed by atoms with E-state index in [1.807, 2.05) is 36.0 Å². The molecule has 0 radical (unpaired) electrons. The maximum atomic E-state index is 12.4. The summed E-state index contributed by atoms with van der Waals surface area (Å²) < 4.78 is 1.86. The summed E-state index contributed by atoms with van der Waals surface area (Å²) in [4.78, 5) is 25.4. The Balaban J connectivity index is 1.57. The van der Waals surface area contributed by atoms with Crippen molar-refractivity contribution in [1.82, 2.24) is 25.3 Å². The van der Waals surface area contributed by atoms with Crippen molar-refractivity contribution in [1.29, 1.82) is 0 Å². The van der Waals surface area contributed by atoms with E-state index in [1.165, 1.54) is 5.56 Å². The summed E-state index contributed by atoms with van der Waals surface area (Å²) in [6, 6.07) is 9.81. The largest absolute Gasteiger partial charge is 0.354 e. The van der Waals surface area contributed by atoms with Crippen molar-refractivity contribution in [2.24, 2.45) is 0 Å². The molecule has 2 N–H and O–H groups in total. The summed E-state index contributed by atoms with van der Waals surface area (Å²) in [5.74, 6) is -0.00876. The van der Waals surface area contributed by atoms with E-state index in [9.17, 15) is 9.59 Å². The average molecular weight is 341 g/mol. The van der Waals surface area contributed by atoms with Crippen molar-refractivity contribution in [3.05, 3.63) is 53.9 Å². The highest BCUT2D eigenvalue weighted by molar-refractivity contribution is 5.79. The lowest BCUT2D eigenvalue weighted by molar-refractivity contribution is -0.120. The van der Waals surface area contributed by atoms with Gasteiger partial charge >= 0.3 is 6.03 Å². The smallest absolute Gasteiger partial charge is 0.317 e. The van der Waals surface area contributed by atoms with Gasteiger partial charge in [0, 0.05) is 37.8 Å². The first-order chi connectivity index (χ1) is 12.1. The fraction of sp³-hybridized carbons (Fsp3) is 0.389. The molecule has 25 heavy (non-hydrogen) atoms. The Bertz CT molecular complexity index is 728. The Morgan fingerprint density at radius 1 is 1.32 bits per heavy atom. The van der Waals surface area contributed by atoms with Gasteiger partial charge in [-0.25, -0.2) is 4.79 Å². The van der Waals surface area contributed by atoms with Crippen molar-refractivity contribution < 1.29 is 9.59 Å². The maximum Gasteiger partial charge on any atom is 0.317 e. The molecule has 1 aromatic heterocycles. The summed E-state index contributed by atoms with van der Waals surface area (Å²) in [6.07, 6.45) is 4.07. The van der Waals surface area contributed by atoms with Crippen LogP contribution >= 0.6 is 0 Å². The SMILES string of the molecule is C[C@@H](NC(=O)N1CCNC(=O)CC1)c1cnn(Cc2ccccc2)c1. The third-order valence-corrected chi connectivity index (χ3v) is 4.28. The summed E-state index contributed by atoms with van der Waals surface area (Å²) in [6.45, 7) is 4.09. The van der Waals surface area contributed by atoms with Crippen LogP contribution in [0.5, 0.6) is 0 Å². The monoisotopic (exact) mass is 341 g/mol. The molecule has 0 bridgehead atoms. The summed E-state index contributed by atoms with van der Waals surface area (Å²) >= 11 is 0. The summed E-state index contributed by atoms with van der Waals surface area (Å²) in [7, 11) is 0. The Morgan fingerprint density at radius 3 is 2.92 bits per heavy atom. The topological polar surface area (TPSA) is 79.3 Å². The molecule has 0 spiro atoms. The number of hydrogen-bond acceptors (Lipinski definition) is 3. The van der Waals surface area contributed by atoms with Gasteiger partial charge in [0.1, 0.15) is 0 Å². The van der Waals surface area contributed by atoms with Crippen LogP contribution in [-0.4, -0.2) is 46.3 Å². The second-order valence-electron chi connectivity index (χ2n) is 6.22. The number of rotatable bonds is 4. The van der Waals surface area contributed by atoms with Gasteiger partial charge in [0.25, 0.3) is 0 Å². The summed E-state index contributed by atoms with van der Waals surface area (Å²) in [5.41, 5.74) is 2.13. The van der Waals surface area contributed by atoms with Gasteiger partial charge in [-0.2, -0.15) is 5.10 Å². The number of carbonyl (C=O) groups excluding carboxylic acids is 2. The molecule has 132 valence electrons. The molecule has 0 saturated carbocycles. The fourth-order valence-corrected chi connectivity index (χ4v) is 2.79. The van der Waals surface area contributed by atoms with Gasteiger partial charge in [0.2, 0.25) is 5.91 Å². The molecule has 0 aliphatic carbocycles. The predicted molar refractivity (Wildman–Crippen MR) is 93.9 cm³/mol. The molecule has 1 aromatic carbocycles. The van der Waals surface area contributed by atoms with Crippen LogP contribution < -0.4 is 10.6 Å². The van der Waals surface area contributed by atoms with E-state index in [0.717, 1.165) is 5.56 Å². The normalized spacial score (nSPS) is 16.0. The predicted octanol–water partition coefficient (Wildman–Crippen LogP) is 1.52. The van der Waals surface area contributed by atoms with Crippen LogP contribution in [0.15, 0.2) is 42.7 Å². The first-order valence-corrected chi connectivity index (χ1v) is 8.50. The third-order valence-electron chi connectivity index (χ3n) is 4.28. The Hall–Kier alpha value is -2.83. The van der Waals surface area contributed by atoms with Gasteiger partial charge in [-0.3, -0.25) is 9.48 Å². The van der Waals surface area contributed by atoms with E-state index in [-0.39, 0.29) is 18.0 Å². The van der Waals surface area contributed by atoms with Gasteiger partial charge in [0.05, 0.1) is 18.8 Å². The quantitative estimate of drug-likeness (QED) is 0.885. The van der Waals surface area contributed by atoms with E-state index in [2.05, 4.69) is 27.9 Å². The van der Waals surface area contributed by atoms with Crippen molar-refractivity contribution in [2.75, 3.05) is 19.6 Å². The molecule has 7 heteroatoms. The minimum atomic E-state index is -0.153. The van der Waals surface area contributed by atoms with Crippen LogP contribution in [-0.2, 0) is 11.3 Å². The highest BCUT2D eigenvalue weighted by Crippen LogP contribution is 2.13. The Kier molecular flexibility index (Phi) is 5.33. The lowest BCUT2D eigenvalue weighted by Crippen LogP contribution is -2.42. The van der Waals surface area contributed by atoms with Gasteiger partial charge in [-0.05, 0) is 12.5 Å². The molecular weight excluding hydrogens is 318 g/mol. The highest BCUT2D eigenvalue weighted by Gasteiger charge is 2.20. The average Bonchev–Trinajstić information content (AvgIpc) is 2.96. The second kappa shape index (κ2) is 7.83. The maximum absolute atomic E-state index is 12.4. The molecule has 0 unspecified atom stereocenters. The number of benzene rings is 1. The first-order valence-electron chi connectivity index (χ1n) is 8.50. The molecule has 7 nitrogen and oxygen atoms in total. The third kappa shape index (κ3) is 4.59. The zero-order chi connectivity index (χ0) is 17.6. The van der Waals surface area contributed by atoms with E-state index in [0.29, 0.717) is 32.6 Å². The van der Waals surface area contributed by atoms with Crippen LogP contribution in [0.2, 0.25) is 0 Å². The molecule has 1 aliphatic rings. The summed E-state index contributed by atoms with van der Waals surface area (Å²) in [5, 5.41) is 10.1. The van der Waals surface area contributed by atoms with Crippen LogP contribution in [0.25, 0.3) is 0 Å². The molecule has 2 heterocycles. The van der Waals surface area contributed by atoms with Crippen LogP contribution in [0.4, 0.5) is 4.79 Å². The lowest BCUT2D eigenvalue weighted by atomic mass is 10.2. The Morgan fingerprint density at radius 2 is 2.12 bits per heavy atom. The lowest BCUT2D eigenvalue weighted by Gasteiger charge is -2.22. The minimum Gasteiger partial charge on any atom is -0.354 e. The second-order valence-corrected chi connectivity index (χ2v) is 6.22. The molecule has 3 rings (SSSR count). The van der Waals surface area contributed by atoms with Gasteiger partial charge in [-0.1, -0.05) is 30.3 Å². The molecule has 1 fully saturated rings. The number of nitrogens with one attached hydrogen (secondary N) is 2. The number of urea groups is 1. The number of aromatic nitrogens is 2. The van der Waals surface area contributed by atoms with Crippen molar-refractivity contribution in [2.45, 2.75) is 25.9 Å². The van der Waals surface area contributed by atoms with E-state index in [1.54, 1.807) is 11.1 Å². The van der Waals surface area contributed by atoms with Crippen molar-refractivity contribution in [3.8, 4) is 0 Å². The van der Waals surface area contributed by atoms with E-state index >= 15 is 0 Å². The van der Waals surface area contributed by atoms with Crippen molar-refractivity contribution in [3.63, 3.8) is 0 Å². The fourth-order valence-electron chi connectivity index (χ4n) is 2.79. The molecule has 1 atom stereocenters. The molecular formula is C18H23N5O2. The van der Waals surface area contributed by atoms with E-state index in [4.69, 9.17) is 0 Å². The molecule has 2 aromatic rings. The van der Waals surface area contributed by atoms with Gasteiger partial charge in [-0.15, -0.1) is 0 Å². The first kappa shape index (κ1) is 17.0. The molecule has 3 amide bonds. The standard InChI is InChI=1S/C18H23N5O2/c1-14(21-18(25)22-9-7-17(24)19-8-10-22)16-11-20-23(13-16)12-15-5-3-2-4-6-15/h2-6,11,13-14H,7-10,12H2,1H3,(H,19,24)(H,21,25)/t14-/m1/s1. The number of carbonyl (C=O) groups is 2. The zero-order valence-corrected chi connectivity index (χ0v) is 14.3. The number of hydrogen-bond donors (Lipinski definition) is 2. The van der Waals surface area contributed by atoms with Crippen LogP contribution in [0.1, 0.15) is 30.5 Å². The van der Waals surface area contributed by atoms with Gasteiger partial charge in [0.15, 0.2) is 0 Å². The van der Waals surface area contributed by atoms with Crippen LogP contribution in [0, 0.1) is 0 Å². The minimum absolute atomic E-state index is 0.00876. The zero-order valence-electron chi connectivity index (χ0n) is 14.3. The van der Waals surface area contributed by atoms with Gasteiger partial charge < -0.3 is 15.5 Å². The number of amides is 3. The molecule has 1 saturated heterocycles.